The second-order valence-corrected chi connectivity index (χ2v) is 5.04. The van der Waals surface area contributed by atoms with E-state index >= 15 is 0 Å². The Bertz CT molecular complexity index is 873. The molecular formula is C18H17FN4O2. The molecule has 0 saturated heterocycles. The van der Waals surface area contributed by atoms with Gasteiger partial charge in [0.15, 0.2) is 11.6 Å². The average molecular weight is 340 g/mol. The summed E-state index contributed by atoms with van der Waals surface area (Å²) in [5.74, 6) is 0.922. The van der Waals surface area contributed by atoms with E-state index in [1.54, 1.807) is 32.4 Å². The predicted octanol–water partition coefficient (Wildman–Crippen LogP) is 4.12. The zero-order chi connectivity index (χ0) is 17.6. The highest BCUT2D eigenvalue weighted by molar-refractivity contribution is 5.66. The van der Waals surface area contributed by atoms with Gasteiger partial charge in [0.2, 0.25) is 5.95 Å². The molecule has 0 unspecified atom stereocenters. The van der Waals surface area contributed by atoms with Gasteiger partial charge < -0.3 is 20.1 Å². The van der Waals surface area contributed by atoms with E-state index < -0.39 is 5.82 Å². The summed E-state index contributed by atoms with van der Waals surface area (Å²) in [6.45, 7) is 0. The third-order valence-electron chi connectivity index (χ3n) is 3.46. The van der Waals surface area contributed by atoms with E-state index in [0.29, 0.717) is 22.9 Å². The van der Waals surface area contributed by atoms with Crippen LogP contribution in [0.4, 0.5) is 27.5 Å². The van der Waals surface area contributed by atoms with Crippen LogP contribution in [0.15, 0.2) is 54.7 Å². The number of hydrogen-bond donors (Lipinski definition) is 2. The molecule has 0 radical (unpaired) electrons. The fourth-order valence-electron chi connectivity index (χ4n) is 2.26. The first kappa shape index (κ1) is 16.5. The summed E-state index contributed by atoms with van der Waals surface area (Å²) in [6.07, 6.45) is 1.10. The van der Waals surface area contributed by atoms with E-state index in [9.17, 15) is 4.39 Å². The summed E-state index contributed by atoms with van der Waals surface area (Å²) < 4.78 is 24.6. The van der Waals surface area contributed by atoms with Crippen molar-refractivity contribution in [2.24, 2.45) is 0 Å². The van der Waals surface area contributed by atoms with Crippen LogP contribution in [0, 0.1) is 5.82 Å². The Hall–Kier alpha value is -3.35. The van der Waals surface area contributed by atoms with Crippen LogP contribution >= 0.6 is 0 Å². The van der Waals surface area contributed by atoms with Crippen LogP contribution in [0.5, 0.6) is 11.5 Å². The van der Waals surface area contributed by atoms with Gasteiger partial charge in [0.25, 0.3) is 0 Å². The largest absolute Gasteiger partial charge is 0.495 e. The third kappa shape index (κ3) is 3.77. The highest BCUT2D eigenvalue weighted by Gasteiger charge is 2.11. The van der Waals surface area contributed by atoms with Crippen molar-refractivity contribution in [3.63, 3.8) is 0 Å². The lowest BCUT2D eigenvalue weighted by molar-refractivity contribution is 0.416. The maximum Gasteiger partial charge on any atom is 0.229 e. The predicted molar refractivity (Wildman–Crippen MR) is 94.5 cm³/mol. The zero-order valence-corrected chi connectivity index (χ0v) is 13.8. The summed E-state index contributed by atoms with van der Waals surface area (Å²) in [5, 5.41) is 5.94. The number of halogens is 1. The molecule has 0 amide bonds. The zero-order valence-electron chi connectivity index (χ0n) is 13.8. The number of ether oxygens (including phenoxy) is 2. The number of aromatic nitrogens is 2. The molecule has 0 atom stereocenters. The van der Waals surface area contributed by atoms with Crippen LogP contribution in [0.25, 0.3) is 0 Å². The van der Waals surface area contributed by atoms with E-state index in [-0.39, 0.29) is 11.8 Å². The molecule has 3 aromatic rings. The first-order valence-electron chi connectivity index (χ1n) is 7.54. The Morgan fingerprint density at radius 3 is 2.00 bits per heavy atom. The van der Waals surface area contributed by atoms with E-state index in [1.165, 1.54) is 0 Å². The molecule has 2 N–H and O–H groups in total. The van der Waals surface area contributed by atoms with Crippen molar-refractivity contribution in [3.8, 4) is 11.5 Å². The normalized spacial score (nSPS) is 10.2. The second kappa shape index (κ2) is 7.48. The molecule has 7 heteroatoms. The van der Waals surface area contributed by atoms with Crippen molar-refractivity contribution in [2.45, 2.75) is 0 Å². The Balaban J connectivity index is 1.88. The van der Waals surface area contributed by atoms with Gasteiger partial charge in [-0.1, -0.05) is 24.3 Å². The fourth-order valence-corrected chi connectivity index (χ4v) is 2.26. The van der Waals surface area contributed by atoms with Gasteiger partial charge in [0, 0.05) is 0 Å². The first-order valence-corrected chi connectivity index (χ1v) is 7.54. The van der Waals surface area contributed by atoms with Gasteiger partial charge in [-0.2, -0.15) is 4.98 Å². The second-order valence-electron chi connectivity index (χ2n) is 5.04. The molecule has 0 fully saturated rings. The van der Waals surface area contributed by atoms with Gasteiger partial charge >= 0.3 is 0 Å². The molecule has 0 spiro atoms. The van der Waals surface area contributed by atoms with Crippen LogP contribution < -0.4 is 20.1 Å². The number of nitrogens with one attached hydrogen (secondary N) is 2. The minimum absolute atomic E-state index is 0.0388. The van der Waals surface area contributed by atoms with Crippen LogP contribution in [-0.4, -0.2) is 24.2 Å². The monoisotopic (exact) mass is 340 g/mol. The lowest BCUT2D eigenvalue weighted by Gasteiger charge is -2.13. The van der Waals surface area contributed by atoms with Crippen molar-refractivity contribution in [1.82, 2.24) is 9.97 Å². The van der Waals surface area contributed by atoms with Crippen molar-refractivity contribution in [2.75, 3.05) is 24.9 Å². The van der Waals surface area contributed by atoms with E-state index in [0.717, 1.165) is 6.20 Å². The molecule has 128 valence electrons. The first-order chi connectivity index (χ1) is 12.2. The fraction of sp³-hybridized carbons (Fsp3) is 0.111. The summed E-state index contributed by atoms with van der Waals surface area (Å²) in [7, 11) is 3.12. The molecule has 25 heavy (non-hydrogen) atoms. The van der Waals surface area contributed by atoms with Gasteiger partial charge in [-0.15, -0.1) is 0 Å². The third-order valence-corrected chi connectivity index (χ3v) is 3.46. The van der Waals surface area contributed by atoms with Gasteiger partial charge in [-0.25, -0.2) is 9.37 Å². The molecule has 2 aromatic carbocycles. The molecule has 0 aliphatic rings. The SMILES string of the molecule is COc1ccccc1Nc1ncc(F)c(Nc2ccccc2OC)n1. The lowest BCUT2D eigenvalue weighted by atomic mass is 10.3. The van der Waals surface area contributed by atoms with Gasteiger partial charge in [0.05, 0.1) is 31.8 Å². The van der Waals surface area contributed by atoms with Crippen LogP contribution in [-0.2, 0) is 0 Å². The molecule has 1 heterocycles. The molecule has 0 saturated carbocycles. The standard InChI is InChI=1S/C18H17FN4O2/c1-24-15-9-5-3-7-13(15)21-17-12(19)11-20-18(23-17)22-14-8-4-6-10-16(14)25-2/h3-11H,1-2H3,(H2,20,21,22,23). The number of rotatable bonds is 6. The minimum atomic E-state index is -0.573. The minimum Gasteiger partial charge on any atom is -0.495 e. The number of benzene rings is 2. The van der Waals surface area contributed by atoms with Crippen molar-refractivity contribution in [3.05, 3.63) is 60.5 Å². The summed E-state index contributed by atoms with van der Waals surface area (Å²) in [6, 6.07) is 14.5. The molecule has 6 nitrogen and oxygen atoms in total. The highest BCUT2D eigenvalue weighted by atomic mass is 19.1. The summed E-state index contributed by atoms with van der Waals surface area (Å²) >= 11 is 0. The molecule has 3 rings (SSSR count). The van der Waals surface area contributed by atoms with Crippen LogP contribution in [0.3, 0.4) is 0 Å². The maximum absolute atomic E-state index is 14.1. The van der Waals surface area contributed by atoms with Crippen molar-refractivity contribution >= 4 is 23.1 Å². The molecular weight excluding hydrogens is 323 g/mol. The van der Waals surface area contributed by atoms with Gasteiger partial charge in [0.1, 0.15) is 11.5 Å². The Kier molecular flexibility index (Phi) is 4.94. The topological polar surface area (TPSA) is 68.3 Å². The molecule has 0 aliphatic carbocycles. The Morgan fingerprint density at radius 2 is 1.40 bits per heavy atom. The van der Waals surface area contributed by atoms with E-state index in [4.69, 9.17) is 9.47 Å². The Labute approximate surface area is 144 Å². The quantitative estimate of drug-likeness (QED) is 0.703. The average Bonchev–Trinajstić information content (AvgIpc) is 2.65. The van der Waals surface area contributed by atoms with Gasteiger partial charge in [-0.3, -0.25) is 0 Å². The number of hydrogen-bond acceptors (Lipinski definition) is 6. The summed E-state index contributed by atoms with van der Waals surface area (Å²) in [5.41, 5.74) is 1.28. The lowest BCUT2D eigenvalue weighted by Crippen LogP contribution is -2.04. The van der Waals surface area contributed by atoms with Crippen molar-refractivity contribution in [1.29, 1.82) is 0 Å². The van der Waals surface area contributed by atoms with E-state index in [1.807, 2.05) is 30.3 Å². The van der Waals surface area contributed by atoms with E-state index in [2.05, 4.69) is 20.6 Å². The molecule has 0 aliphatic heterocycles. The van der Waals surface area contributed by atoms with Crippen LogP contribution in [0.1, 0.15) is 0 Å². The maximum atomic E-state index is 14.1. The Morgan fingerprint density at radius 1 is 0.840 bits per heavy atom. The van der Waals surface area contributed by atoms with Crippen molar-refractivity contribution < 1.29 is 13.9 Å². The number of para-hydroxylation sites is 4. The molecule has 1 aromatic heterocycles. The number of methoxy groups -OCH3 is 2. The highest BCUT2D eigenvalue weighted by Crippen LogP contribution is 2.29. The smallest absolute Gasteiger partial charge is 0.229 e. The molecule has 0 bridgehead atoms. The summed E-state index contributed by atoms with van der Waals surface area (Å²) in [4.78, 5) is 8.16. The number of nitrogens with zero attached hydrogens (tertiary/aromatic N) is 2. The van der Waals surface area contributed by atoms with Crippen LogP contribution in [0.2, 0.25) is 0 Å². The van der Waals surface area contributed by atoms with Gasteiger partial charge in [-0.05, 0) is 24.3 Å². The number of anilines is 4.